The molecule has 0 spiro atoms. The van der Waals surface area contributed by atoms with Crippen molar-refractivity contribution in [2.75, 3.05) is 25.6 Å². The fourth-order valence-electron chi connectivity index (χ4n) is 1.27. The second-order valence-electron chi connectivity index (χ2n) is 3.75. The summed E-state index contributed by atoms with van der Waals surface area (Å²) in [6.45, 7) is -0.106. The van der Waals surface area contributed by atoms with E-state index in [1.165, 1.54) is 4.88 Å². The lowest BCUT2D eigenvalue weighted by Crippen LogP contribution is -2.07. The molecule has 2 rings (SSSR count). The Bertz CT molecular complexity index is 595. The van der Waals surface area contributed by atoms with Gasteiger partial charge in [-0.05, 0) is 11.4 Å². The van der Waals surface area contributed by atoms with Crippen molar-refractivity contribution in [3.63, 3.8) is 0 Å². The molecule has 100 valence electrons. The zero-order valence-electron chi connectivity index (χ0n) is 10.6. The van der Waals surface area contributed by atoms with Gasteiger partial charge in [-0.3, -0.25) is 0 Å². The predicted octanol–water partition coefficient (Wildman–Crippen LogP) is 2.30. The lowest BCUT2D eigenvalue weighted by Gasteiger charge is -2.03. The predicted molar refractivity (Wildman–Crippen MR) is 82.1 cm³/mol. The van der Waals surface area contributed by atoms with E-state index in [2.05, 4.69) is 22.0 Å². The molecule has 0 bridgehead atoms. The van der Waals surface area contributed by atoms with Crippen LogP contribution < -0.4 is 4.90 Å². The quantitative estimate of drug-likeness (QED) is 0.693. The van der Waals surface area contributed by atoms with Gasteiger partial charge in [0.25, 0.3) is 0 Å². The fourth-order valence-corrected chi connectivity index (χ4v) is 3.98. The first-order valence-electron chi connectivity index (χ1n) is 5.50. The molecule has 0 saturated carbocycles. The number of thiophene rings is 1. The molecule has 0 amide bonds. The van der Waals surface area contributed by atoms with Crippen LogP contribution in [0.15, 0.2) is 15.8 Å². The van der Waals surface area contributed by atoms with Crippen molar-refractivity contribution in [2.45, 2.75) is 10.1 Å². The third-order valence-electron chi connectivity index (χ3n) is 2.15. The summed E-state index contributed by atoms with van der Waals surface area (Å²) in [6.07, 6.45) is 0. The van der Waals surface area contributed by atoms with Gasteiger partial charge in [-0.15, -0.1) is 21.5 Å². The number of hydrogen-bond donors (Lipinski definition) is 1. The van der Waals surface area contributed by atoms with Crippen LogP contribution in [0.25, 0.3) is 0 Å². The molecule has 0 unspecified atom stereocenters. The second kappa shape index (κ2) is 6.91. The van der Waals surface area contributed by atoms with Crippen molar-refractivity contribution >= 4 is 39.6 Å². The van der Waals surface area contributed by atoms with Crippen LogP contribution in [0.3, 0.4) is 0 Å². The van der Waals surface area contributed by atoms with Crippen molar-refractivity contribution in [3.8, 4) is 11.8 Å². The van der Waals surface area contributed by atoms with Gasteiger partial charge in [-0.25, -0.2) is 0 Å². The average Bonchev–Trinajstić information content (AvgIpc) is 3.02. The van der Waals surface area contributed by atoms with Crippen LogP contribution in [0.2, 0.25) is 0 Å². The Morgan fingerprint density at radius 1 is 1.42 bits per heavy atom. The van der Waals surface area contributed by atoms with Gasteiger partial charge in [0.05, 0.1) is 0 Å². The number of thioether (sulfide) groups is 1. The molecule has 0 atom stereocenters. The minimum absolute atomic E-state index is 0.106. The van der Waals surface area contributed by atoms with Gasteiger partial charge < -0.3 is 10.0 Å². The summed E-state index contributed by atoms with van der Waals surface area (Å²) in [6, 6.07) is 1.98. The van der Waals surface area contributed by atoms with E-state index in [4.69, 9.17) is 5.11 Å². The summed E-state index contributed by atoms with van der Waals surface area (Å²) in [5.74, 6) is 6.47. The number of aliphatic hydroxyl groups is 1. The van der Waals surface area contributed by atoms with Gasteiger partial charge >= 0.3 is 0 Å². The summed E-state index contributed by atoms with van der Waals surface area (Å²) in [5, 5.41) is 19.9. The number of hydrogen-bond acceptors (Lipinski definition) is 7. The maximum atomic E-state index is 8.72. The van der Waals surface area contributed by atoms with Crippen LogP contribution >= 0.6 is 34.4 Å². The van der Waals surface area contributed by atoms with Crippen LogP contribution in [-0.4, -0.2) is 36.0 Å². The highest BCUT2D eigenvalue weighted by molar-refractivity contribution is 8.00. The first kappa shape index (κ1) is 14.3. The normalized spacial score (nSPS) is 10.1. The zero-order valence-corrected chi connectivity index (χ0v) is 13.0. The molecule has 0 saturated heterocycles. The van der Waals surface area contributed by atoms with E-state index in [1.807, 2.05) is 30.4 Å². The minimum Gasteiger partial charge on any atom is -0.384 e. The molecular formula is C12H13N3OS3. The highest BCUT2D eigenvalue weighted by Crippen LogP contribution is 2.31. The fraction of sp³-hybridized carbons (Fsp3) is 0.333. The smallest absolute Gasteiger partial charge is 0.208 e. The van der Waals surface area contributed by atoms with Crippen LogP contribution in [0.5, 0.6) is 0 Å². The zero-order chi connectivity index (χ0) is 13.7. The van der Waals surface area contributed by atoms with Crippen LogP contribution in [0.1, 0.15) is 10.4 Å². The number of anilines is 1. The second-order valence-corrected chi connectivity index (χ2v) is 6.93. The summed E-state index contributed by atoms with van der Waals surface area (Å²) in [5.41, 5.74) is 0.990. The third-order valence-corrected chi connectivity index (χ3v) is 5.51. The Morgan fingerprint density at radius 2 is 2.26 bits per heavy atom. The third kappa shape index (κ3) is 3.94. The van der Waals surface area contributed by atoms with Crippen molar-refractivity contribution in [3.05, 3.63) is 21.9 Å². The van der Waals surface area contributed by atoms with E-state index < -0.39 is 0 Å². The van der Waals surface area contributed by atoms with E-state index in [1.54, 1.807) is 34.4 Å². The molecule has 7 heteroatoms. The van der Waals surface area contributed by atoms with E-state index in [0.29, 0.717) is 0 Å². The summed E-state index contributed by atoms with van der Waals surface area (Å²) < 4.78 is 0.957. The van der Waals surface area contributed by atoms with E-state index >= 15 is 0 Å². The van der Waals surface area contributed by atoms with Gasteiger partial charge in [-0.2, -0.15) is 0 Å². The summed E-state index contributed by atoms with van der Waals surface area (Å²) >= 11 is 4.92. The lowest BCUT2D eigenvalue weighted by atomic mass is 10.3. The highest BCUT2D eigenvalue weighted by Gasteiger charge is 2.08. The average molecular weight is 311 g/mol. The molecule has 0 aliphatic heterocycles. The monoisotopic (exact) mass is 311 g/mol. The SMILES string of the molecule is CN(C)c1nnc(SCc2sccc2C#CCO)s1. The van der Waals surface area contributed by atoms with Gasteiger partial charge in [0.1, 0.15) is 6.61 Å². The number of nitrogens with zero attached hydrogens (tertiary/aromatic N) is 3. The number of rotatable bonds is 4. The molecule has 0 aromatic carbocycles. The van der Waals surface area contributed by atoms with Crippen LogP contribution in [0, 0.1) is 11.8 Å². The maximum absolute atomic E-state index is 8.72. The Morgan fingerprint density at radius 3 is 2.95 bits per heavy atom. The van der Waals surface area contributed by atoms with E-state index in [9.17, 15) is 0 Å². The Kier molecular flexibility index (Phi) is 5.22. The van der Waals surface area contributed by atoms with Gasteiger partial charge in [0, 0.05) is 30.3 Å². The van der Waals surface area contributed by atoms with Gasteiger partial charge in [-0.1, -0.05) is 34.9 Å². The van der Waals surface area contributed by atoms with Gasteiger partial charge in [0.2, 0.25) is 5.13 Å². The molecule has 0 aliphatic rings. The summed E-state index contributed by atoms with van der Waals surface area (Å²) in [7, 11) is 3.91. The minimum atomic E-state index is -0.106. The van der Waals surface area contributed by atoms with Crippen molar-refractivity contribution in [2.24, 2.45) is 0 Å². The molecule has 4 nitrogen and oxygen atoms in total. The van der Waals surface area contributed by atoms with Crippen molar-refractivity contribution < 1.29 is 5.11 Å². The van der Waals surface area contributed by atoms with E-state index in [-0.39, 0.29) is 6.61 Å². The molecule has 1 N–H and O–H groups in total. The molecule has 2 aromatic heterocycles. The van der Waals surface area contributed by atoms with E-state index in [0.717, 1.165) is 20.8 Å². The number of aromatic nitrogens is 2. The lowest BCUT2D eigenvalue weighted by molar-refractivity contribution is 0.350. The molecule has 0 radical (unpaired) electrons. The van der Waals surface area contributed by atoms with Crippen molar-refractivity contribution in [1.29, 1.82) is 0 Å². The van der Waals surface area contributed by atoms with Crippen LogP contribution in [-0.2, 0) is 5.75 Å². The largest absolute Gasteiger partial charge is 0.384 e. The molecule has 0 aliphatic carbocycles. The molecule has 2 aromatic rings. The number of aliphatic hydroxyl groups excluding tert-OH is 1. The first-order valence-corrected chi connectivity index (χ1v) is 8.18. The topological polar surface area (TPSA) is 49.2 Å². The molecule has 0 fully saturated rings. The standard InChI is InChI=1S/C12H13N3OS3/c1-15(2)11-13-14-12(19-11)18-8-10-9(4-3-6-16)5-7-17-10/h5,7,16H,6,8H2,1-2H3. The molecule has 19 heavy (non-hydrogen) atoms. The van der Waals surface area contributed by atoms with Crippen LogP contribution in [0.4, 0.5) is 5.13 Å². The van der Waals surface area contributed by atoms with Gasteiger partial charge in [0.15, 0.2) is 4.34 Å². The highest BCUT2D eigenvalue weighted by atomic mass is 32.2. The Labute approximate surface area is 124 Å². The first-order chi connectivity index (χ1) is 9.20. The Balaban J connectivity index is 2.00. The molecular weight excluding hydrogens is 298 g/mol. The molecule has 2 heterocycles. The maximum Gasteiger partial charge on any atom is 0.208 e. The summed E-state index contributed by atoms with van der Waals surface area (Å²) in [4.78, 5) is 3.15. The van der Waals surface area contributed by atoms with Crippen molar-refractivity contribution in [1.82, 2.24) is 10.2 Å². The Hall–Kier alpha value is -1.07.